The number of fused-ring (bicyclic) bond motifs is 1. The van der Waals surface area contributed by atoms with Crippen LogP contribution in [0.25, 0.3) is 11.0 Å². The second-order valence-corrected chi connectivity index (χ2v) is 7.12. The van der Waals surface area contributed by atoms with Crippen LogP contribution >= 0.6 is 0 Å². The molecule has 0 unspecified atom stereocenters. The van der Waals surface area contributed by atoms with Crippen LogP contribution in [0.5, 0.6) is 11.6 Å². The number of carbonyl (C=O) groups is 1. The number of nitrogens with zero attached hydrogens (tertiary/aromatic N) is 4. The lowest BCUT2D eigenvalue weighted by Crippen LogP contribution is -2.38. The van der Waals surface area contributed by atoms with Crippen LogP contribution in [-0.4, -0.2) is 52.3 Å². The van der Waals surface area contributed by atoms with Crippen molar-refractivity contribution in [2.24, 2.45) is 0 Å². The number of piperidine rings is 1. The summed E-state index contributed by atoms with van der Waals surface area (Å²) in [4.78, 5) is 27.4. The van der Waals surface area contributed by atoms with Crippen molar-refractivity contribution in [1.29, 1.82) is 0 Å². The maximum atomic E-state index is 12.7. The van der Waals surface area contributed by atoms with Gasteiger partial charge in [0.25, 0.3) is 5.91 Å². The van der Waals surface area contributed by atoms with Crippen LogP contribution in [0.2, 0.25) is 0 Å². The van der Waals surface area contributed by atoms with E-state index in [9.17, 15) is 18.0 Å². The summed E-state index contributed by atoms with van der Waals surface area (Å²) in [5, 5.41) is 0.855. The number of pyridine rings is 1. The number of carbonyl (C=O) groups excluding carboxylic acids is 1. The Kier molecular flexibility index (Phi) is 5.62. The normalized spacial score (nSPS) is 15.2. The second kappa shape index (κ2) is 8.37. The number of ether oxygens (including phenoxy) is 2. The van der Waals surface area contributed by atoms with Crippen LogP contribution < -0.4 is 9.47 Å². The zero-order valence-electron chi connectivity index (χ0n) is 16.6. The average molecular weight is 432 g/mol. The largest absolute Gasteiger partial charge is 0.573 e. The van der Waals surface area contributed by atoms with E-state index in [1.165, 1.54) is 18.5 Å². The first-order chi connectivity index (χ1) is 14.8. The minimum Gasteiger partial charge on any atom is -0.481 e. The van der Waals surface area contributed by atoms with Crippen molar-refractivity contribution in [1.82, 2.24) is 19.9 Å². The fraction of sp³-hybridized carbons (Fsp3) is 0.333. The molecule has 2 aromatic heterocycles. The molecule has 0 spiro atoms. The Balaban J connectivity index is 1.43. The summed E-state index contributed by atoms with van der Waals surface area (Å²) in [5.74, 6) is 0.0381. The smallest absolute Gasteiger partial charge is 0.481 e. The first kappa shape index (κ1) is 20.8. The van der Waals surface area contributed by atoms with Gasteiger partial charge in [-0.15, -0.1) is 13.2 Å². The second-order valence-electron chi connectivity index (χ2n) is 7.12. The maximum Gasteiger partial charge on any atom is 0.573 e. The van der Waals surface area contributed by atoms with E-state index >= 15 is 0 Å². The Morgan fingerprint density at radius 1 is 1.06 bits per heavy atom. The molecular weight excluding hydrogens is 413 g/mol. The minimum absolute atomic E-state index is 0.146. The molecule has 0 atom stereocenters. The summed E-state index contributed by atoms with van der Waals surface area (Å²) < 4.78 is 45.8. The van der Waals surface area contributed by atoms with Gasteiger partial charge >= 0.3 is 6.36 Å². The van der Waals surface area contributed by atoms with Crippen molar-refractivity contribution >= 4 is 16.9 Å². The Bertz CT molecular complexity index is 1080. The van der Waals surface area contributed by atoms with Gasteiger partial charge in [-0.05, 0) is 43.2 Å². The van der Waals surface area contributed by atoms with Gasteiger partial charge in [-0.2, -0.15) is 4.98 Å². The molecule has 1 aliphatic rings. The molecule has 162 valence electrons. The molecule has 0 aliphatic carbocycles. The first-order valence-corrected chi connectivity index (χ1v) is 9.65. The van der Waals surface area contributed by atoms with Gasteiger partial charge in [0.1, 0.15) is 12.1 Å². The number of likely N-dealkylation sites (tertiary alicyclic amines) is 1. The number of aromatic nitrogens is 3. The van der Waals surface area contributed by atoms with Gasteiger partial charge in [0.15, 0.2) is 5.65 Å². The Hall–Kier alpha value is -3.43. The molecule has 1 aliphatic heterocycles. The van der Waals surface area contributed by atoms with Gasteiger partial charge in [-0.1, -0.05) is 0 Å². The van der Waals surface area contributed by atoms with E-state index in [4.69, 9.17) is 4.74 Å². The summed E-state index contributed by atoms with van der Waals surface area (Å²) in [7, 11) is 1.54. The van der Waals surface area contributed by atoms with E-state index in [2.05, 4.69) is 19.7 Å². The summed E-state index contributed by atoms with van der Waals surface area (Å²) in [6.45, 7) is 1.03. The highest BCUT2D eigenvalue weighted by Crippen LogP contribution is 2.32. The lowest BCUT2D eigenvalue weighted by molar-refractivity contribution is -0.274. The zero-order valence-corrected chi connectivity index (χ0v) is 16.6. The summed E-state index contributed by atoms with van der Waals surface area (Å²) in [6, 6.07) is 8.61. The van der Waals surface area contributed by atoms with E-state index in [-0.39, 0.29) is 17.6 Å². The van der Waals surface area contributed by atoms with Crippen LogP contribution in [0.15, 0.2) is 42.7 Å². The number of rotatable bonds is 4. The van der Waals surface area contributed by atoms with Crippen molar-refractivity contribution in [3.8, 4) is 11.6 Å². The third-order valence-electron chi connectivity index (χ3n) is 5.22. The Labute approximate surface area is 175 Å². The van der Waals surface area contributed by atoms with Crippen molar-refractivity contribution in [3.63, 3.8) is 0 Å². The predicted molar refractivity (Wildman–Crippen MR) is 105 cm³/mol. The predicted octanol–water partition coefficient (Wildman–Crippen LogP) is 3.95. The quantitative estimate of drug-likeness (QED) is 0.621. The molecule has 0 N–H and O–H groups in total. The molecule has 1 amide bonds. The minimum atomic E-state index is -4.76. The molecular formula is C21H19F3N4O3. The van der Waals surface area contributed by atoms with Crippen molar-refractivity contribution < 1.29 is 27.4 Å². The molecule has 3 aromatic rings. The summed E-state index contributed by atoms with van der Waals surface area (Å²) >= 11 is 0. The highest BCUT2D eigenvalue weighted by Gasteiger charge is 2.31. The number of halogens is 3. The molecule has 1 saturated heterocycles. The number of alkyl halides is 3. The maximum absolute atomic E-state index is 12.7. The average Bonchev–Trinajstić information content (AvgIpc) is 2.77. The Morgan fingerprint density at radius 2 is 1.77 bits per heavy atom. The van der Waals surface area contributed by atoms with Gasteiger partial charge in [0.2, 0.25) is 5.88 Å². The number of hydrogen-bond donors (Lipinski definition) is 0. The lowest BCUT2D eigenvalue weighted by Gasteiger charge is -2.32. The number of amides is 1. The van der Waals surface area contributed by atoms with Gasteiger partial charge in [-0.25, -0.2) is 9.97 Å². The summed E-state index contributed by atoms with van der Waals surface area (Å²) in [6.07, 6.45) is -1.87. The van der Waals surface area contributed by atoms with Crippen LogP contribution in [-0.2, 0) is 0 Å². The fourth-order valence-corrected chi connectivity index (χ4v) is 3.72. The molecule has 0 saturated carbocycles. The molecule has 3 heterocycles. The van der Waals surface area contributed by atoms with E-state index in [1.54, 1.807) is 18.1 Å². The molecule has 31 heavy (non-hydrogen) atoms. The molecule has 7 nitrogen and oxygen atoms in total. The molecule has 1 fully saturated rings. The number of benzene rings is 1. The summed E-state index contributed by atoms with van der Waals surface area (Å²) in [5.41, 5.74) is 1.77. The van der Waals surface area contributed by atoms with Gasteiger partial charge < -0.3 is 14.4 Å². The number of methoxy groups -OCH3 is 1. The van der Waals surface area contributed by atoms with Gasteiger partial charge in [0.05, 0.1) is 12.8 Å². The van der Waals surface area contributed by atoms with Crippen LogP contribution in [0, 0.1) is 0 Å². The van der Waals surface area contributed by atoms with Crippen molar-refractivity contribution in [2.75, 3.05) is 20.2 Å². The van der Waals surface area contributed by atoms with Crippen molar-refractivity contribution in [2.45, 2.75) is 25.1 Å². The zero-order chi connectivity index (χ0) is 22.0. The van der Waals surface area contributed by atoms with Crippen LogP contribution in [0.1, 0.15) is 34.8 Å². The van der Waals surface area contributed by atoms with Crippen molar-refractivity contribution in [3.05, 3.63) is 54.0 Å². The van der Waals surface area contributed by atoms with E-state index in [0.29, 0.717) is 43.0 Å². The monoisotopic (exact) mass is 432 g/mol. The molecule has 4 rings (SSSR count). The topological polar surface area (TPSA) is 77.4 Å². The lowest BCUT2D eigenvalue weighted by atomic mass is 9.91. The van der Waals surface area contributed by atoms with Crippen LogP contribution in [0.4, 0.5) is 13.2 Å². The van der Waals surface area contributed by atoms with E-state index in [0.717, 1.165) is 23.2 Å². The fourth-order valence-electron chi connectivity index (χ4n) is 3.72. The highest BCUT2D eigenvalue weighted by molar-refractivity contribution is 5.94. The van der Waals surface area contributed by atoms with Gasteiger partial charge in [-0.3, -0.25) is 4.79 Å². The van der Waals surface area contributed by atoms with E-state index < -0.39 is 6.36 Å². The van der Waals surface area contributed by atoms with Gasteiger partial charge in [0, 0.05) is 36.0 Å². The first-order valence-electron chi connectivity index (χ1n) is 9.65. The molecule has 10 heteroatoms. The third-order valence-corrected chi connectivity index (χ3v) is 5.22. The molecule has 1 aromatic carbocycles. The Morgan fingerprint density at radius 3 is 2.42 bits per heavy atom. The highest BCUT2D eigenvalue weighted by atomic mass is 19.4. The SMILES string of the molecule is COc1ccc2c(C3CCN(C(=O)c4ccc(OC(F)(F)F)cc4)CC3)ncnc2n1. The van der Waals surface area contributed by atoms with E-state index in [1.807, 2.05) is 6.07 Å². The number of hydrogen-bond acceptors (Lipinski definition) is 6. The third kappa shape index (κ3) is 4.68. The molecule has 0 bridgehead atoms. The standard InChI is InChI=1S/C21H19F3N4O3/c1-30-17-7-6-16-18(25-12-26-19(16)27-17)13-8-10-28(11-9-13)20(29)14-2-4-15(5-3-14)31-21(22,23)24/h2-7,12-13H,8-11H2,1H3. The van der Waals surface area contributed by atoms with Crippen LogP contribution in [0.3, 0.4) is 0 Å². The molecule has 0 radical (unpaired) electrons.